The van der Waals surface area contributed by atoms with Gasteiger partial charge < -0.3 is 24.8 Å². The van der Waals surface area contributed by atoms with Crippen molar-refractivity contribution in [2.45, 2.75) is 18.9 Å². The number of carbonyl (C=O) groups excluding carboxylic acids is 1. The van der Waals surface area contributed by atoms with E-state index in [0.29, 0.717) is 32.7 Å². The van der Waals surface area contributed by atoms with Crippen molar-refractivity contribution in [3.63, 3.8) is 0 Å². The molecule has 0 spiro atoms. The van der Waals surface area contributed by atoms with Crippen molar-refractivity contribution in [1.82, 2.24) is 15.1 Å². The summed E-state index contributed by atoms with van der Waals surface area (Å²) < 4.78 is 10.7. The van der Waals surface area contributed by atoms with Crippen LogP contribution in [0.4, 0.5) is 4.79 Å². The summed E-state index contributed by atoms with van der Waals surface area (Å²) >= 11 is 0. The number of methoxy groups -OCH3 is 1. The van der Waals surface area contributed by atoms with Gasteiger partial charge in [0.2, 0.25) is 0 Å². The molecule has 2 saturated heterocycles. The lowest BCUT2D eigenvalue weighted by molar-refractivity contribution is -0.143. The maximum Gasteiger partial charge on any atom is 0.317 e. The number of ether oxygens (including phenoxy) is 2. The van der Waals surface area contributed by atoms with E-state index >= 15 is 0 Å². The molecule has 8 nitrogen and oxygen atoms in total. The summed E-state index contributed by atoms with van der Waals surface area (Å²) in [7, 11) is 1.64. The van der Waals surface area contributed by atoms with Crippen LogP contribution in [0.25, 0.3) is 0 Å². The third kappa shape index (κ3) is 5.14. The SMILES string of the molecule is COc1ccc(C(CNC(=O)N2CCC[C@H](C(=O)O)C2)N2CCOCC2)cc1. The van der Waals surface area contributed by atoms with E-state index in [4.69, 9.17) is 9.47 Å². The van der Waals surface area contributed by atoms with Crippen LogP contribution in [0.3, 0.4) is 0 Å². The van der Waals surface area contributed by atoms with Crippen LogP contribution in [0.15, 0.2) is 24.3 Å². The molecule has 0 bridgehead atoms. The summed E-state index contributed by atoms with van der Waals surface area (Å²) in [4.78, 5) is 27.8. The molecule has 3 rings (SSSR count). The highest BCUT2D eigenvalue weighted by Crippen LogP contribution is 2.24. The zero-order valence-corrected chi connectivity index (χ0v) is 16.3. The van der Waals surface area contributed by atoms with Crippen LogP contribution in [-0.4, -0.2) is 80.0 Å². The van der Waals surface area contributed by atoms with E-state index in [0.717, 1.165) is 30.8 Å². The Hall–Kier alpha value is -2.32. The molecule has 2 atom stereocenters. The quantitative estimate of drug-likeness (QED) is 0.765. The number of piperidine rings is 1. The standard InChI is InChI=1S/C20H29N3O5/c1-27-17-6-4-15(5-7-17)18(22-9-11-28-12-10-22)13-21-20(26)23-8-2-3-16(14-23)19(24)25/h4-7,16,18H,2-3,8-14H2,1H3,(H,21,26)(H,24,25)/t16-,18?/m0/s1. The monoisotopic (exact) mass is 391 g/mol. The first kappa shape index (κ1) is 20.4. The Morgan fingerprint density at radius 2 is 1.96 bits per heavy atom. The number of urea groups is 1. The second-order valence-electron chi connectivity index (χ2n) is 7.25. The summed E-state index contributed by atoms with van der Waals surface area (Å²) in [6.45, 7) is 4.28. The summed E-state index contributed by atoms with van der Waals surface area (Å²) in [5.74, 6) is -0.514. The molecule has 1 aromatic carbocycles. The second-order valence-corrected chi connectivity index (χ2v) is 7.25. The van der Waals surface area contributed by atoms with Gasteiger partial charge in [-0.25, -0.2) is 4.79 Å². The molecule has 28 heavy (non-hydrogen) atoms. The predicted molar refractivity (Wildman–Crippen MR) is 103 cm³/mol. The fraction of sp³-hybridized carbons (Fsp3) is 0.600. The number of nitrogens with zero attached hydrogens (tertiary/aromatic N) is 2. The first-order valence-corrected chi connectivity index (χ1v) is 9.80. The second kappa shape index (κ2) is 9.75. The fourth-order valence-corrected chi connectivity index (χ4v) is 3.83. The maximum absolute atomic E-state index is 12.6. The molecule has 2 fully saturated rings. The highest BCUT2D eigenvalue weighted by atomic mass is 16.5. The molecule has 0 radical (unpaired) electrons. The van der Waals surface area contributed by atoms with Gasteiger partial charge in [0.25, 0.3) is 0 Å². The smallest absolute Gasteiger partial charge is 0.317 e. The maximum atomic E-state index is 12.6. The molecule has 2 aliphatic heterocycles. The van der Waals surface area contributed by atoms with Crippen LogP contribution in [0.2, 0.25) is 0 Å². The van der Waals surface area contributed by atoms with Crippen molar-refractivity contribution in [3.05, 3.63) is 29.8 Å². The minimum Gasteiger partial charge on any atom is -0.497 e. The number of carbonyl (C=O) groups is 2. The summed E-state index contributed by atoms with van der Waals surface area (Å²) in [6.07, 6.45) is 1.34. The van der Waals surface area contributed by atoms with Gasteiger partial charge in [0.1, 0.15) is 5.75 Å². The van der Waals surface area contributed by atoms with Crippen LogP contribution in [0.5, 0.6) is 5.75 Å². The van der Waals surface area contributed by atoms with E-state index in [1.54, 1.807) is 12.0 Å². The minimum absolute atomic E-state index is 0.0267. The molecule has 2 amide bonds. The Labute approximate surface area is 165 Å². The Morgan fingerprint density at radius 3 is 2.61 bits per heavy atom. The molecule has 2 aliphatic rings. The van der Waals surface area contributed by atoms with E-state index in [9.17, 15) is 14.7 Å². The van der Waals surface area contributed by atoms with Gasteiger partial charge in [-0.1, -0.05) is 12.1 Å². The van der Waals surface area contributed by atoms with Gasteiger partial charge in [-0.2, -0.15) is 0 Å². The van der Waals surface area contributed by atoms with E-state index in [2.05, 4.69) is 10.2 Å². The molecular formula is C20H29N3O5. The third-order valence-corrected chi connectivity index (χ3v) is 5.49. The van der Waals surface area contributed by atoms with Crippen LogP contribution in [0, 0.1) is 5.92 Å². The molecule has 1 unspecified atom stereocenters. The van der Waals surface area contributed by atoms with Crippen molar-refractivity contribution >= 4 is 12.0 Å². The van der Waals surface area contributed by atoms with Gasteiger partial charge in [0, 0.05) is 32.7 Å². The topological polar surface area (TPSA) is 91.3 Å². The number of hydrogen-bond acceptors (Lipinski definition) is 5. The lowest BCUT2D eigenvalue weighted by Gasteiger charge is -2.36. The number of hydrogen-bond donors (Lipinski definition) is 2. The molecule has 0 aromatic heterocycles. The Balaban J connectivity index is 1.65. The number of amides is 2. The molecule has 2 heterocycles. The van der Waals surface area contributed by atoms with Crippen LogP contribution in [0.1, 0.15) is 24.4 Å². The van der Waals surface area contributed by atoms with Crippen molar-refractivity contribution in [3.8, 4) is 5.75 Å². The zero-order chi connectivity index (χ0) is 19.9. The lowest BCUT2D eigenvalue weighted by atomic mass is 9.99. The molecule has 0 aliphatic carbocycles. The summed E-state index contributed by atoms with van der Waals surface area (Å²) in [5, 5.41) is 12.2. The highest BCUT2D eigenvalue weighted by molar-refractivity contribution is 5.76. The highest BCUT2D eigenvalue weighted by Gasteiger charge is 2.29. The van der Waals surface area contributed by atoms with Gasteiger partial charge in [0.15, 0.2) is 0 Å². The van der Waals surface area contributed by atoms with Gasteiger partial charge in [0.05, 0.1) is 32.3 Å². The van der Waals surface area contributed by atoms with Crippen molar-refractivity contribution in [1.29, 1.82) is 0 Å². The number of carboxylic acid groups (broad SMARTS) is 1. The Bertz CT molecular complexity index is 660. The molecule has 0 saturated carbocycles. The number of carboxylic acids is 1. The van der Waals surface area contributed by atoms with Crippen molar-refractivity contribution in [2.75, 3.05) is 53.0 Å². The van der Waals surface area contributed by atoms with Crippen molar-refractivity contribution < 1.29 is 24.2 Å². The number of rotatable bonds is 6. The zero-order valence-electron chi connectivity index (χ0n) is 16.3. The Morgan fingerprint density at radius 1 is 1.25 bits per heavy atom. The molecule has 8 heteroatoms. The normalized spacial score (nSPS) is 21.8. The van der Waals surface area contributed by atoms with E-state index in [1.165, 1.54) is 0 Å². The van der Waals surface area contributed by atoms with Gasteiger partial charge >= 0.3 is 12.0 Å². The average molecular weight is 391 g/mol. The number of morpholine rings is 1. The first-order chi connectivity index (χ1) is 13.6. The van der Waals surface area contributed by atoms with Gasteiger partial charge in [-0.15, -0.1) is 0 Å². The van der Waals surface area contributed by atoms with Crippen molar-refractivity contribution in [2.24, 2.45) is 5.92 Å². The van der Waals surface area contributed by atoms with Gasteiger partial charge in [-0.05, 0) is 30.5 Å². The third-order valence-electron chi connectivity index (χ3n) is 5.49. The number of nitrogens with one attached hydrogen (secondary N) is 1. The predicted octanol–water partition coefficient (Wildman–Crippen LogP) is 1.57. The molecular weight excluding hydrogens is 362 g/mol. The fourth-order valence-electron chi connectivity index (χ4n) is 3.83. The van der Waals surface area contributed by atoms with E-state index in [1.807, 2.05) is 24.3 Å². The molecule has 2 N–H and O–H groups in total. The summed E-state index contributed by atoms with van der Waals surface area (Å²) in [5.41, 5.74) is 1.10. The number of benzene rings is 1. The number of likely N-dealkylation sites (tertiary alicyclic amines) is 1. The molecule has 154 valence electrons. The first-order valence-electron chi connectivity index (χ1n) is 9.80. The van der Waals surface area contributed by atoms with E-state index in [-0.39, 0.29) is 18.6 Å². The largest absolute Gasteiger partial charge is 0.497 e. The number of aliphatic carboxylic acids is 1. The Kier molecular flexibility index (Phi) is 7.11. The molecule has 1 aromatic rings. The average Bonchev–Trinajstić information content (AvgIpc) is 2.75. The van der Waals surface area contributed by atoms with Crippen LogP contribution >= 0.6 is 0 Å². The van der Waals surface area contributed by atoms with Crippen LogP contribution < -0.4 is 10.1 Å². The minimum atomic E-state index is -0.832. The van der Waals surface area contributed by atoms with Crippen LogP contribution in [-0.2, 0) is 9.53 Å². The van der Waals surface area contributed by atoms with Gasteiger partial charge in [-0.3, -0.25) is 9.69 Å². The lowest BCUT2D eigenvalue weighted by Crippen LogP contribution is -2.50. The summed E-state index contributed by atoms with van der Waals surface area (Å²) in [6, 6.07) is 7.72. The van der Waals surface area contributed by atoms with E-state index < -0.39 is 11.9 Å².